The maximum atomic E-state index is 13.2. The highest BCUT2D eigenvalue weighted by molar-refractivity contribution is 5.75. The van der Waals surface area contributed by atoms with Crippen molar-refractivity contribution in [3.05, 3.63) is 35.9 Å². The fourth-order valence-electron chi connectivity index (χ4n) is 4.38. The number of carboxylic acids is 1. The summed E-state index contributed by atoms with van der Waals surface area (Å²) in [6.07, 6.45) is 1.04. The Balaban J connectivity index is 2.36. The zero-order valence-corrected chi connectivity index (χ0v) is 21.1. The summed E-state index contributed by atoms with van der Waals surface area (Å²) in [7, 11) is 1.34. The van der Waals surface area contributed by atoms with E-state index in [9.17, 15) is 19.5 Å². The van der Waals surface area contributed by atoms with Gasteiger partial charge in [-0.05, 0) is 59.1 Å². The molecule has 0 aromatic heterocycles. The quantitative estimate of drug-likeness (QED) is 0.495. The highest BCUT2D eigenvalue weighted by atomic mass is 16.6. The monoisotopic (exact) mass is 477 g/mol. The minimum absolute atomic E-state index is 0.161. The van der Waals surface area contributed by atoms with Gasteiger partial charge in [-0.2, -0.15) is 0 Å². The van der Waals surface area contributed by atoms with Crippen molar-refractivity contribution >= 4 is 18.0 Å². The fourth-order valence-corrected chi connectivity index (χ4v) is 4.38. The van der Waals surface area contributed by atoms with Crippen molar-refractivity contribution in [2.75, 3.05) is 20.3 Å². The molecule has 0 unspecified atom stereocenters. The van der Waals surface area contributed by atoms with Crippen LogP contribution in [0.3, 0.4) is 0 Å². The Hall–Kier alpha value is -2.65. The number of hydrogen-bond acceptors (Lipinski definition) is 7. The molecule has 2 rings (SSSR count). The van der Waals surface area contributed by atoms with E-state index in [-0.39, 0.29) is 24.7 Å². The number of methoxy groups -OCH3 is 1. The van der Waals surface area contributed by atoms with Crippen LogP contribution >= 0.6 is 0 Å². The van der Waals surface area contributed by atoms with Crippen molar-refractivity contribution in [2.45, 2.75) is 83.6 Å². The lowest BCUT2D eigenvalue weighted by atomic mass is 9.95. The summed E-state index contributed by atoms with van der Waals surface area (Å²) in [4.78, 5) is 40.6. The van der Waals surface area contributed by atoms with Gasteiger partial charge >= 0.3 is 18.0 Å². The summed E-state index contributed by atoms with van der Waals surface area (Å²) in [6.45, 7) is 9.61. The number of nitrogens with zero attached hydrogens (tertiary/aromatic N) is 2. The van der Waals surface area contributed by atoms with E-state index in [1.165, 1.54) is 7.11 Å². The molecule has 0 radical (unpaired) electrons. The van der Waals surface area contributed by atoms with Crippen LogP contribution in [0.5, 0.6) is 0 Å². The van der Waals surface area contributed by atoms with Crippen LogP contribution in [0.4, 0.5) is 4.79 Å². The number of amides is 1. The minimum atomic E-state index is -0.923. The molecule has 1 aromatic carbocycles. The van der Waals surface area contributed by atoms with E-state index in [0.29, 0.717) is 25.8 Å². The zero-order chi connectivity index (χ0) is 25.5. The molecular weight excluding hydrogens is 438 g/mol. The van der Waals surface area contributed by atoms with Crippen molar-refractivity contribution in [1.82, 2.24) is 15.1 Å². The molecule has 0 aliphatic carbocycles. The largest absolute Gasteiger partial charge is 0.480 e. The SMILES string of the molecule is CC[C@@H](C(=O)O)N1CN(C(=O)OC(C)(C)C)[C@@H](Cc2ccccc2)[C@@H]1CCN[C@@H](C)C(=O)OC. The van der Waals surface area contributed by atoms with E-state index < -0.39 is 29.7 Å². The van der Waals surface area contributed by atoms with Gasteiger partial charge in [-0.3, -0.25) is 19.4 Å². The van der Waals surface area contributed by atoms with Gasteiger partial charge in [-0.25, -0.2) is 4.79 Å². The van der Waals surface area contributed by atoms with Crippen LogP contribution in [0.25, 0.3) is 0 Å². The summed E-state index contributed by atoms with van der Waals surface area (Å²) >= 11 is 0. The Bertz CT molecular complexity index is 826. The van der Waals surface area contributed by atoms with Crippen LogP contribution in [0, 0.1) is 0 Å². The van der Waals surface area contributed by atoms with Crippen LogP contribution in [-0.4, -0.2) is 83.0 Å². The number of hydrogen-bond donors (Lipinski definition) is 2. The van der Waals surface area contributed by atoms with Crippen LogP contribution in [0.1, 0.15) is 53.0 Å². The zero-order valence-electron chi connectivity index (χ0n) is 21.1. The lowest BCUT2D eigenvalue weighted by Crippen LogP contribution is -2.48. The lowest BCUT2D eigenvalue weighted by molar-refractivity contribution is -0.144. The summed E-state index contributed by atoms with van der Waals surface area (Å²) in [5.41, 5.74) is 0.373. The Morgan fingerprint density at radius 1 is 1.18 bits per heavy atom. The van der Waals surface area contributed by atoms with Gasteiger partial charge in [0.15, 0.2) is 0 Å². The standard InChI is InChI=1S/C25H39N3O6/c1-7-19(22(29)30)27-16-28(24(32)34-25(3,4)5)21(15-18-11-9-8-10-12-18)20(27)13-14-26-17(2)23(31)33-6/h8-12,17,19-21,26H,7,13-16H2,1-6H3,(H,29,30)/t17-,19-,20-,21-/m0/s1. The highest BCUT2D eigenvalue weighted by Crippen LogP contribution is 2.31. The molecule has 1 amide bonds. The Morgan fingerprint density at radius 3 is 2.35 bits per heavy atom. The third kappa shape index (κ3) is 7.43. The summed E-state index contributed by atoms with van der Waals surface area (Å²) < 4.78 is 10.5. The van der Waals surface area contributed by atoms with Crippen LogP contribution in [0.2, 0.25) is 0 Å². The van der Waals surface area contributed by atoms with Crippen molar-refractivity contribution in [3.8, 4) is 0 Å². The number of nitrogens with one attached hydrogen (secondary N) is 1. The predicted molar refractivity (Wildman–Crippen MR) is 128 cm³/mol. The molecule has 9 heteroatoms. The Labute approximate surface area is 202 Å². The van der Waals surface area contributed by atoms with Gasteiger partial charge in [-0.1, -0.05) is 37.3 Å². The van der Waals surface area contributed by atoms with E-state index in [4.69, 9.17) is 9.47 Å². The first-order valence-corrected chi connectivity index (χ1v) is 11.8. The number of ether oxygens (including phenoxy) is 2. The molecule has 0 bridgehead atoms. The van der Waals surface area contributed by atoms with Gasteiger partial charge in [0, 0.05) is 6.04 Å². The molecule has 190 valence electrons. The molecule has 2 N–H and O–H groups in total. The molecule has 1 aliphatic heterocycles. The van der Waals surface area contributed by atoms with Crippen molar-refractivity contribution in [2.24, 2.45) is 0 Å². The maximum absolute atomic E-state index is 13.2. The van der Waals surface area contributed by atoms with Crippen LogP contribution in [-0.2, 0) is 25.5 Å². The molecule has 0 saturated carbocycles. The van der Waals surface area contributed by atoms with E-state index in [1.807, 2.05) is 62.9 Å². The molecule has 0 spiro atoms. The van der Waals surface area contributed by atoms with Gasteiger partial charge in [-0.15, -0.1) is 0 Å². The number of esters is 1. The smallest absolute Gasteiger partial charge is 0.411 e. The maximum Gasteiger partial charge on any atom is 0.411 e. The molecule has 1 aliphatic rings. The summed E-state index contributed by atoms with van der Waals surface area (Å²) in [6, 6.07) is 8.05. The average molecular weight is 478 g/mol. The number of carboxylic acid groups (broad SMARTS) is 1. The number of benzene rings is 1. The second-order valence-electron chi connectivity index (χ2n) is 9.68. The van der Waals surface area contributed by atoms with Gasteiger partial charge in [0.2, 0.25) is 0 Å². The second kappa shape index (κ2) is 12.2. The summed E-state index contributed by atoms with van der Waals surface area (Å²) in [5.74, 6) is -1.29. The lowest BCUT2D eigenvalue weighted by Gasteiger charge is -2.32. The molecule has 34 heavy (non-hydrogen) atoms. The number of aliphatic carboxylic acids is 1. The van der Waals surface area contributed by atoms with Gasteiger partial charge in [0.05, 0.1) is 19.8 Å². The fraction of sp³-hybridized carbons (Fsp3) is 0.640. The Kier molecular flexibility index (Phi) is 9.88. The van der Waals surface area contributed by atoms with E-state index in [0.717, 1.165) is 5.56 Å². The molecule has 1 saturated heterocycles. The van der Waals surface area contributed by atoms with E-state index in [2.05, 4.69) is 5.32 Å². The summed E-state index contributed by atoms with van der Waals surface area (Å²) in [5, 5.41) is 13.1. The third-order valence-electron chi connectivity index (χ3n) is 6.02. The molecule has 1 fully saturated rings. The van der Waals surface area contributed by atoms with Gasteiger partial charge in [0.25, 0.3) is 0 Å². The predicted octanol–water partition coefficient (Wildman–Crippen LogP) is 2.88. The number of carbonyl (C=O) groups excluding carboxylic acids is 2. The van der Waals surface area contributed by atoms with Gasteiger partial charge < -0.3 is 19.9 Å². The second-order valence-corrected chi connectivity index (χ2v) is 9.68. The van der Waals surface area contributed by atoms with Crippen LogP contribution < -0.4 is 5.32 Å². The van der Waals surface area contributed by atoms with E-state index >= 15 is 0 Å². The minimum Gasteiger partial charge on any atom is -0.480 e. The molecular formula is C25H39N3O6. The van der Waals surface area contributed by atoms with Crippen molar-refractivity contribution in [3.63, 3.8) is 0 Å². The number of carbonyl (C=O) groups is 3. The Morgan fingerprint density at radius 2 is 1.82 bits per heavy atom. The van der Waals surface area contributed by atoms with Gasteiger partial charge in [0.1, 0.15) is 17.7 Å². The third-order valence-corrected chi connectivity index (χ3v) is 6.02. The first-order valence-electron chi connectivity index (χ1n) is 11.8. The first-order chi connectivity index (χ1) is 16.0. The number of rotatable bonds is 10. The molecule has 1 aromatic rings. The highest BCUT2D eigenvalue weighted by Gasteiger charge is 2.47. The molecule has 9 nitrogen and oxygen atoms in total. The van der Waals surface area contributed by atoms with Crippen molar-refractivity contribution < 1.29 is 29.0 Å². The van der Waals surface area contributed by atoms with Crippen molar-refractivity contribution in [1.29, 1.82) is 0 Å². The topological polar surface area (TPSA) is 108 Å². The van der Waals surface area contributed by atoms with Crippen LogP contribution in [0.15, 0.2) is 30.3 Å². The molecule has 4 atom stereocenters. The normalized spacial score (nSPS) is 20.6. The average Bonchev–Trinajstić information content (AvgIpc) is 3.11. The first kappa shape index (κ1) is 27.6. The van der Waals surface area contributed by atoms with E-state index in [1.54, 1.807) is 11.8 Å². The molecule has 1 heterocycles.